The Balaban J connectivity index is 1.20. The van der Waals surface area contributed by atoms with Crippen molar-refractivity contribution in [1.29, 1.82) is 0 Å². The minimum absolute atomic E-state index is 0.125. The number of amides is 1. The lowest BCUT2D eigenvalue weighted by Gasteiger charge is -2.40. The van der Waals surface area contributed by atoms with Gasteiger partial charge in [0.2, 0.25) is 5.95 Å². The second-order valence-corrected chi connectivity index (χ2v) is 8.38. The summed E-state index contributed by atoms with van der Waals surface area (Å²) in [5.41, 5.74) is 2.55. The molecule has 35 heavy (non-hydrogen) atoms. The highest BCUT2D eigenvalue weighted by atomic mass is 19.1. The van der Waals surface area contributed by atoms with Crippen molar-refractivity contribution in [3.63, 3.8) is 0 Å². The molecule has 0 aromatic carbocycles. The quantitative estimate of drug-likeness (QED) is 0.472. The van der Waals surface area contributed by atoms with Gasteiger partial charge in [-0.25, -0.2) is 19.3 Å². The van der Waals surface area contributed by atoms with Gasteiger partial charge in [-0.1, -0.05) is 0 Å². The van der Waals surface area contributed by atoms with Crippen molar-refractivity contribution < 1.29 is 9.18 Å². The van der Waals surface area contributed by atoms with Gasteiger partial charge in [0.05, 0.1) is 41.7 Å². The van der Waals surface area contributed by atoms with Gasteiger partial charge in [-0.2, -0.15) is 5.10 Å². The minimum atomic E-state index is -0.348. The molecule has 1 aliphatic rings. The van der Waals surface area contributed by atoms with Crippen molar-refractivity contribution in [3.8, 4) is 11.3 Å². The van der Waals surface area contributed by atoms with E-state index in [0.717, 1.165) is 17.1 Å². The summed E-state index contributed by atoms with van der Waals surface area (Å²) in [6, 6.07) is 6.74. The standard InChI is InChI=1S/C24H24FN9O/c1-16-14-33(22-6-4-19(25)11-27-22)7-8-34(16)24-28-12-20(13-29-24)31-23(35)17-3-5-21(26-9-17)18-10-30-32(2)15-18/h3-6,9-13,15-16H,7-8,14H2,1-2H3,(H,31,35)/t16-/m1/s1. The van der Waals surface area contributed by atoms with Gasteiger partial charge in [0.25, 0.3) is 5.91 Å². The van der Waals surface area contributed by atoms with Crippen molar-refractivity contribution >= 4 is 23.4 Å². The molecule has 11 heteroatoms. The van der Waals surface area contributed by atoms with Crippen LogP contribution in [0.5, 0.6) is 0 Å². The third-order valence-corrected chi connectivity index (χ3v) is 5.84. The van der Waals surface area contributed by atoms with E-state index in [9.17, 15) is 9.18 Å². The molecular formula is C24H24FN9O. The number of halogens is 1. The Morgan fingerprint density at radius 1 is 1.00 bits per heavy atom. The topological polar surface area (TPSA) is 105 Å². The van der Waals surface area contributed by atoms with Gasteiger partial charge < -0.3 is 15.1 Å². The van der Waals surface area contributed by atoms with Gasteiger partial charge in [0.15, 0.2) is 0 Å². The van der Waals surface area contributed by atoms with Crippen LogP contribution in [0.3, 0.4) is 0 Å². The summed E-state index contributed by atoms with van der Waals surface area (Å²) in [6.45, 7) is 4.20. The molecule has 0 saturated carbocycles. The van der Waals surface area contributed by atoms with E-state index >= 15 is 0 Å². The van der Waals surface area contributed by atoms with Crippen LogP contribution < -0.4 is 15.1 Å². The van der Waals surface area contributed by atoms with E-state index in [1.165, 1.54) is 18.5 Å². The molecule has 0 aliphatic carbocycles. The number of aryl methyl sites for hydroxylation is 1. The van der Waals surface area contributed by atoms with Crippen LogP contribution in [0.4, 0.5) is 21.8 Å². The van der Waals surface area contributed by atoms with Crippen LogP contribution >= 0.6 is 0 Å². The zero-order valence-corrected chi connectivity index (χ0v) is 19.3. The van der Waals surface area contributed by atoms with E-state index in [1.807, 2.05) is 13.2 Å². The predicted molar refractivity (Wildman–Crippen MR) is 130 cm³/mol. The highest BCUT2D eigenvalue weighted by Gasteiger charge is 2.26. The molecular weight excluding hydrogens is 449 g/mol. The molecule has 1 atom stereocenters. The number of nitrogens with one attached hydrogen (secondary N) is 1. The Morgan fingerprint density at radius 2 is 1.83 bits per heavy atom. The molecule has 10 nitrogen and oxygen atoms in total. The number of anilines is 3. The fraction of sp³-hybridized carbons (Fsp3) is 0.250. The number of hydrogen-bond donors (Lipinski definition) is 1. The van der Waals surface area contributed by atoms with Crippen molar-refractivity contribution in [3.05, 3.63) is 72.8 Å². The molecule has 1 aliphatic heterocycles. The molecule has 0 spiro atoms. The zero-order valence-electron chi connectivity index (χ0n) is 19.3. The number of nitrogens with zero attached hydrogens (tertiary/aromatic N) is 8. The first-order valence-corrected chi connectivity index (χ1v) is 11.2. The van der Waals surface area contributed by atoms with Crippen LogP contribution in [0.1, 0.15) is 17.3 Å². The number of piperazine rings is 1. The van der Waals surface area contributed by atoms with Gasteiger partial charge >= 0.3 is 0 Å². The number of carbonyl (C=O) groups is 1. The molecule has 4 aromatic rings. The van der Waals surface area contributed by atoms with E-state index in [2.05, 4.69) is 47.1 Å². The van der Waals surface area contributed by atoms with Gasteiger partial charge in [-0.3, -0.25) is 14.5 Å². The fourth-order valence-electron chi connectivity index (χ4n) is 4.01. The Kier molecular flexibility index (Phi) is 6.04. The maximum absolute atomic E-state index is 13.2. The van der Waals surface area contributed by atoms with E-state index in [4.69, 9.17) is 0 Å². The number of rotatable bonds is 5. The molecule has 5 heterocycles. The lowest BCUT2D eigenvalue weighted by atomic mass is 10.2. The van der Waals surface area contributed by atoms with E-state index in [-0.39, 0.29) is 17.8 Å². The normalized spacial score (nSPS) is 15.8. The number of pyridine rings is 2. The Bertz CT molecular complexity index is 1310. The van der Waals surface area contributed by atoms with Crippen LogP contribution in [-0.2, 0) is 7.05 Å². The second kappa shape index (κ2) is 9.45. The van der Waals surface area contributed by atoms with Gasteiger partial charge in [0.1, 0.15) is 11.6 Å². The lowest BCUT2D eigenvalue weighted by Crippen LogP contribution is -2.53. The second-order valence-electron chi connectivity index (χ2n) is 8.38. The molecule has 1 fully saturated rings. The summed E-state index contributed by atoms with van der Waals surface area (Å²) >= 11 is 0. The lowest BCUT2D eigenvalue weighted by molar-refractivity contribution is 0.102. The van der Waals surface area contributed by atoms with Crippen molar-refractivity contribution in [2.24, 2.45) is 7.05 Å². The molecule has 0 bridgehead atoms. The number of aromatic nitrogens is 6. The van der Waals surface area contributed by atoms with E-state index in [0.29, 0.717) is 36.8 Å². The molecule has 4 aromatic heterocycles. The van der Waals surface area contributed by atoms with Gasteiger partial charge in [-0.05, 0) is 31.2 Å². The number of carbonyl (C=O) groups excluding carboxylic acids is 1. The largest absolute Gasteiger partial charge is 0.353 e. The fourth-order valence-corrected chi connectivity index (χ4v) is 4.01. The molecule has 0 radical (unpaired) electrons. The molecule has 5 rings (SSSR count). The summed E-state index contributed by atoms with van der Waals surface area (Å²) in [4.78, 5) is 34.3. The van der Waals surface area contributed by atoms with Crippen molar-refractivity contribution in [2.45, 2.75) is 13.0 Å². The maximum atomic E-state index is 13.2. The van der Waals surface area contributed by atoms with Crippen LogP contribution in [0, 0.1) is 5.82 Å². The van der Waals surface area contributed by atoms with Crippen LogP contribution in [0.2, 0.25) is 0 Å². The van der Waals surface area contributed by atoms with E-state index < -0.39 is 0 Å². The van der Waals surface area contributed by atoms with Crippen molar-refractivity contribution in [2.75, 3.05) is 34.8 Å². The van der Waals surface area contributed by atoms with Gasteiger partial charge in [-0.15, -0.1) is 0 Å². The zero-order chi connectivity index (χ0) is 24.4. The van der Waals surface area contributed by atoms with Crippen LogP contribution in [0.25, 0.3) is 11.3 Å². The van der Waals surface area contributed by atoms with Crippen LogP contribution in [-0.4, -0.2) is 61.3 Å². The summed E-state index contributed by atoms with van der Waals surface area (Å²) in [5, 5.41) is 6.94. The summed E-state index contributed by atoms with van der Waals surface area (Å²) < 4.78 is 14.9. The molecule has 1 amide bonds. The molecule has 178 valence electrons. The summed E-state index contributed by atoms with van der Waals surface area (Å²) in [5.74, 6) is 0.698. The van der Waals surface area contributed by atoms with Crippen LogP contribution in [0.15, 0.2) is 61.4 Å². The monoisotopic (exact) mass is 473 g/mol. The average Bonchev–Trinajstić information content (AvgIpc) is 3.31. The third kappa shape index (κ3) is 4.93. The van der Waals surface area contributed by atoms with Gasteiger partial charge in [0, 0.05) is 50.7 Å². The summed E-state index contributed by atoms with van der Waals surface area (Å²) in [7, 11) is 1.84. The molecule has 0 unspecified atom stereocenters. The first kappa shape index (κ1) is 22.4. The Hall–Kier alpha value is -4.41. The molecule has 1 saturated heterocycles. The first-order valence-electron chi connectivity index (χ1n) is 11.2. The Morgan fingerprint density at radius 3 is 2.46 bits per heavy atom. The van der Waals surface area contributed by atoms with Crippen molar-refractivity contribution in [1.82, 2.24) is 29.7 Å². The average molecular weight is 474 g/mol. The SMILES string of the molecule is C[C@@H]1CN(c2ccc(F)cn2)CCN1c1ncc(NC(=O)c2ccc(-c3cnn(C)c3)nc2)cn1. The Labute approximate surface area is 201 Å². The highest BCUT2D eigenvalue weighted by Crippen LogP contribution is 2.21. The molecule has 1 N–H and O–H groups in total. The first-order chi connectivity index (χ1) is 17.0. The van der Waals surface area contributed by atoms with E-state index in [1.54, 1.807) is 41.5 Å². The minimum Gasteiger partial charge on any atom is -0.353 e. The number of hydrogen-bond acceptors (Lipinski definition) is 8. The predicted octanol–water partition coefficient (Wildman–Crippen LogP) is 2.77. The third-order valence-electron chi connectivity index (χ3n) is 5.84. The highest BCUT2D eigenvalue weighted by molar-refractivity contribution is 6.04. The smallest absolute Gasteiger partial charge is 0.257 e. The maximum Gasteiger partial charge on any atom is 0.257 e. The summed E-state index contributed by atoms with van der Waals surface area (Å²) in [6.07, 6.45) is 9.54.